The smallest absolute Gasteiger partial charge is 0.376 e. The average molecular weight is 488 g/mol. The van der Waals surface area contributed by atoms with Gasteiger partial charge in [-0.3, -0.25) is 0 Å². The van der Waals surface area contributed by atoms with Crippen LogP contribution in [0.15, 0.2) is 67.0 Å². The summed E-state index contributed by atoms with van der Waals surface area (Å²) in [7, 11) is 2.98. The Bertz CT molecular complexity index is 1270. The molecule has 9 nitrogen and oxygen atoms in total. The van der Waals surface area contributed by atoms with Crippen LogP contribution < -0.4 is 5.32 Å². The van der Waals surface area contributed by atoms with E-state index in [1.54, 1.807) is 13.4 Å². The summed E-state index contributed by atoms with van der Waals surface area (Å²) in [5.74, 6) is -0.0599. The van der Waals surface area contributed by atoms with Crippen molar-refractivity contribution in [1.82, 2.24) is 19.5 Å². The molecular formula is C27H29N5O4. The third kappa shape index (κ3) is 4.93. The molecular weight excluding hydrogens is 458 g/mol. The molecule has 1 aliphatic rings. The second-order valence-electron chi connectivity index (χ2n) is 8.77. The maximum atomic E-state index is 12.4. The van der Waals surface area contributed by atoms with E-state index in [-0.39, 0.29) is 23.9 Å². The zero-order valence-corrected chi connectivity index (χ0v) is 20.3. The first-order valence-corrected chi connectivity index (χ1v) is 11.9. The first kappa shape index (κ1) is 23.9. The number of nitrogens with zero attached hydrogens (tertiary/aromatic N) is 4. The number of anilines is 1. The third-order valence-electron chi connectivity index (χ3n) is 6.47. The Kier molecular flexibility index (Phi) is 7.20. The van der Waals surface area contributed by atoms with Gasteiger partial charge in [-0.2, -0.15) is 0 Å². The number of aromatic nitrogens is 4. The van der Waals surface area contributed by atoms with Gasteiger partial charge in [-0.25, -0.2) is 19.7 Å². The fourth-order valence-electron chi connectivity index (χ4n) is 4.67. The summed E-state index contributed by atoms with van der Waals surface area (Å²) in [5, 5.41) is 3.45. The molecule has 9 heteroatoms. The summed E-state index contributed by atoms with van der Waals surface area (Å²) in [6.07, 6.45) is 2.51. The van der Waals surface area contributed by atoms with Crippen molar-refractivity contribution < 1.29 is 19.0 Å². The van der Waals surface area contributed by atoms with Gasteiger partial charge in [-0.05, 0) is 17.5 Å². The SMILES string of the molecule is COC[C@@H]1CC(n2cnc3c(NCC(c4ccccc4)c4ccccc4)nc(C(=O)OC)nc32)CO1. The Hall–Kier alpha value is -3.82. The highest BCUT2D eigenvalue weighted by molar-refractivity contribution is 5.91. The normalized spacial score (nSPS) is 17.5. The molecule has 186 valence electrons. The molecule has 4 aromatic rings. The molecule has 2 aromatic carbocycles. The fraction of sp³-hybridized carbons (Fsp3) is 0.333. The largest absolute Gasteiger partial charge is 0.463 e. The van der Waals surface area contributed by atoms with Gasteiger partial charge >= 0.3 is 5.97 Å². The minimum Gasteiger partial charge on any atom is -0.463 e. The molecule has 2 atom stereocenters. The summed E-state index contributed by atoms with van der Waals surface area (Å²) < 4.78 is 18.0. The molecule has 2 aromatic heterocycles. The molecule has 1 aliphatic heterocycles. The number of imidazole rings is 1. The van der Waals surface area contributed by atoms with Crippen LogP contribution >= 0.6 is 0 Å². The molecule has 1 saturated heterocycles. The van der Waals surface area contributed by atoms with Crippen molar-refractivity contribution in [1.29, 1.82) is 0 Å². The van der Waals surface area contributed by atoms with Gasteiger partial charge in [0.2, 0.25) is 5.82 Å². The number of rotatable bonds is 9. The number of ether oxygens (including phenoxy) is 3. The molecule has 0 saturated carbocycles. The molecule has 36 heavy (non-hydrogen) atoms. The molecule has 1 fully saturated rings. The van der Waals surface area contributed by atoms with Crippen molar-refractivity contribution in [2.24, 2.45) is 0 Å². The van der Waals surface area contributed by atoms with Crippen LogP contribution in [0.3, 0.4) is 0 Å². The minimum atomic E-state index is -0.602. The lowest BCUT2D eigenvalue weighted by Gasteiger charge is -2.19. The molecule has 0 spiro atoms. The third-order valence-corrected chi connectivity index (χ3v) is 6.47. The van der Waals surface area contributed by atoms with E-state index in [1.165, 1.54) is 18.2 Å². The number of hydrogen-bond donors (Lipinski definition) is 1. The average Bonchev–Trinajstić information content (AvgIpc) is 3.56. The van der Waals surface area contributed by atoms with Gasteiger partial charge in [0, 0.05) is 19.6 Å². The van der Waals surface area contributed by atoms with Crippen LogP contribution in [-0.4, -0.2) is 65.6 Å². The van der Waals surface area contributed by atoms with Crippen LogP contribution in [0, 0.1) is 0 Å². The van der Waals surface area contributed by atoms with Gasteiger partial charge in [0.05, 0.1) is 38.8 Å². The molecule has 0 amide bonds. The number of nitrogens with one attached hydrogen (secondary N) is 1. The lowest BCUT2D eigenvalue weighted by Crippen LogP contribution is -2.18. The zero-order chi connectivity index (χ0) is 24.9. The topological polar surface area (TPSA) is 100 Å². The lowest BCUT2D eigenvalue weighted by molar-refractivity contribution is 0.0370. The maximum Gasteiger partial charge on any atom is 0.376 e. The van der Waals surface area contributed by atoms with Gasteiger partial charge in [-0.15, -0.1) is 0 Å². The van der Waals surface area contributed by atoms with Crippen LogP contribution in [0.25, 0.3) is 11.2 Å². The molecule has 3 heterocycles. The van der Waals surface area contributed by atoms with Gasteiger partial charge in [0.1, 0.15) is 5.52 Å². The van der Waals surface area contributed by atoms with E-state index in [2.05, 4.69) is 44.5 Å². The highest BCUT2D eigenvalue weighted by Gasteiger charge is 2.29. The number of esters is 1. The first-order valence-electron chi connectivity index (χ1n) is 11.9. The molecule has 0 radical (unpaired) electrons. The van der Waals surface area contributed by atoms with Crippen LogP contribution in [0.2, 0.25) is 0 Å². The second kappa shape index (κ2) is 10.8. The van der Waals surface area contributed by atoms with Crippen LogP contribution in [0.5, 0.6) is 0 Å². The number of fused-ring (bicyclic) bond motifs is 1. The Balaban J connectivity index is 1.49. The predicted octanol–water partition coefficient (Wildman–Crippen LogP) is 3.83. The van der Waals surface area contributed by atoms with Gasteiger partial charge in [-0.1, -0.05) is 60.7 Å². The Morgan fingerprint density at radius 2 is 1.78 bits per heavy atom. The molecule has 1 N–H and O–H groups in total. The molecule has 0 aliphatic carbocycles. The molecule has 1 unspecified atom stereocenters. The molecule has 0 bridgehead atoms. The van der Waals surface area contributed by atoms with E-state index in [1.807, 2.05) is 41.0 Å². The van der Waals surface area contributed by atoms with Gasteiger partial charge in [0.15, 0.2) is 11.5 Å². The van der Waals surface area contributed by atoms with Crippen molar-refractivity contribution in [2.45, 2.75) is 24.5 Å². The standard InChI is InChI=1S/C27H29N5O4/c1-34-16-21-13-20(15-36-21)32-17-29-23-24(30-25(27(33)35-2)31-26(23)32)28-14-22(18-9-5-3-6-10-18)19-11-7-4-8-12-19/h3-12,17,20-22H,13-16H2,1-2H3,(H,28,30,31)/t20?,21-/m0/s1. The summed E-state index contributed by atoms with van der Waals surface area (Å²) in [4.78, 5) is 26.1. The van der Waals surface area contributed by atoms with Crippen molar-refractivity contribution >= 4 is 23.0 Å². The Labute approximate surface area is 209 Å². The number of carbonyl (C=O) groups excluding carboxylic acids is 1. The molecule has 5 rings (SSSR count). The summed E-state index contributed by atoms with van der Waals surface area (Å²) in [5.41, 5.74) is 3.51. The number of benzene rings is 2. The van der Waals surface area contributed by atoms with E-state index in [0.717, 1.165) is 6.42 Å². The quantitative estimate of drug-likeness (QED) is 0.356. The fourth-order valence-corrected chi connectivity index (χ4v) is 4.67. The van der Waals surface area contributed by atoms with E-state index < -0.39 is 5.97 Å². The zero-order valence-electron chi connectivity index (χ0n) is 20.3. The summed E-state index contributed by atoms with van der Waals surface area (Å²) >= 11 is 0. The van der Waals surface area contributed by atoms with E-state index >= 15 is 0 Å². The number of methoxy groups -OCH3 is 2. The van der Waals surface area contributed by atoms with Gasteiger partial charge in [0.25, 0.3) is 0 Å². The predicted molar refractivity (Wildman–Crippen MR) is 135 cm³/mol. The highest BCUT2D eigenvalue weighted by atomic mass is 16.5. The van der Waals surface area contributed by atoms with Gasteiger partial charge < -0.3 is 24.1 Å². The number of hydrogen-bond acceptors (Lipinski definition) is 8. The van der Waals surface area contributed by atoms with E-state index in [0.29, 0.717) is 36.7 Å². The van der Waals surface area contributed by atoms with Crippen molar-refractivity contribution in [3.05, 3.63) is 83.9 Å². The number of carbonyl (C=O) groups is 1. The van der Waals surface area contributed by atoms with Crippen LogP contribution in [-0.2, 0) is 14.2 Å². The minimum absolute atomic E-state index is 0.00876. The first-order chi connectivity index (χ1) is 17.7. The maximum absolute atomic E-state index is 12.4. The summed E-state index contributed by atoms with van der Waals surface area (Å²) in [6, 6.07) is 20.6. The highest BCUT2D eigenvalue weighted by Crippen LogP contribution is 2.30. The monoisotopic (exact) mass is 487 g/mol. The van der Waals surface area contributed by atoms with Crippen molar-refractivity contribution in [2.75, 3.05) is 39.3 Å². The van der Waals surface area contributed by atoms with Crippen LogP contribution in [0.1, 0.15) is 40.1 Å². The van der Waals surface area contributed by atoms with E-state index in [4.69, 9.17) is 14.2 Å². The summed E-state index contributed by atoms with van der Waals surface area (Å²) in [6.45, 7) is 1.60. The second-order valence-corrected chi connectivity index (χ2v) is 8.77. The Morgan fingerprint density at radius 1 is 1.08 bits per heavy atom. The van der Waals surface area contributed by atoms with Crippen molar-refractivity contribution in [3.8, 4) is 0 Å². The lowest BCUT2D eigenvalue weighted by atomic mass is 9.91. The van der Waals surface area contributed by atoms with Crippen molar-refractivity contribution in [3.63, 3.8) is 0 Å². The van der Waals surface area contributed by atoms with E-state index in [9.17, 15) is 4.79 Å². The van der Waals surface area contributed by atoms with Crippen LogP contribution in [0.4, 0.5) is 5.82 Å². The Morgan fingerprint density at radius 3 is 2.42 bits per heavy atom.